The fourth-order valence-corrected chi connectivity index (χ4v) is 1.33. The van der Waals surface area contributed by atoms with Gasteiger partial charge in [-0.05, 0) is 30.7 Å². The summed E-state index contributed by atoms with van der Waals surface area (Å²) in [5, 5.41) is 11.5. The first kappa shape index (κ1) is 14.3. The Kier molecular flexibility index (Phi) is 5.45. The van der Waals surface area contributed by atoms with Gasteiger partial charge in [-0.3, -0.25) is 9.59 Å². The van der Waals surface area contributed by atoms with Crippen molar-refractivity contribution in [1.82, 2.24) is 5.32 Å². The molecule has 0 saturated carbocycles. The Hall–Kier alpha value is -1.75. The Morgan fingerprint density at radius 3 is 2.78 bits per heavy atom. The number of benzene rings is 1. The molecular formula is C12H14ClNO4. The number of carboxylic acid groups (broad SMARTS) is 1. The minimum Gasteiger partial charge on any atom is -0.484 e. The fraction of sp³-hybridized carbons (Fsp3) is 0.333. The van der Waals surface area contributed by atoms with Crippen molar-refractivity contribution in [1.29, 1.82) is 0 Å². The summed E-state index contributed by atoms with van der Waals surface area (Å²) in [6.45, 7) is 1.78. The number of aryl methyl sites for hydroxylation is 1. The topological polar surface area (TPSA) is 75.6 Å². The Morgan fingerprint density at radius 2 is 2.17 bits per heavy atom. The Morgan fingerprint density at radius 1 is 1.44 bits per heavy atom. The van der Waals surface area contributed by atoms with Crippen molar-refractivity contribution in [3.8, 4) is 5.75 Å². The van der Waals surface area contributed by atoms with Crippen LogP contribution in [0.25, 0.3) is 0 Å². The van der Waals surface area contributed by atoms with Gasteiger partial charge in [0.05, 0.1) is 6.42 Å². The number of hydrogen-bond donors (Lipinski definition) is 2. The lowest BCUT2D eigenvalue weighted by Crippen LogP contribution is -2.30. The summed E-state index contributed by atoms with van der Waals surface area (Å²) in [6, 6.07) is 5.08. The summed E-state index contributed by atoms with van der Waals surface area (Å²) >= 11 is 5.85. The number of amides is 1. The first-order valence-electron chi connectivity index (χ1n) is 5.36. The van der Waals surface area contributed by atoms with Gasteiger partial charge < -0.3 is 15.2 Å². The van der Waals surface area contributed by atoms with Gasteiger partial charge in [0.1, 0.15) is 5.75 Å². The number of aliphatic carboxylic acids is 1. The van der Waals surface area contributed by atoms with Crippen molar-refractivity contribution in [3.63, 3.8) is 0 Å². The molecule has 0 heterocycles. The molecular weight excluding hydrogens is 258 g/mol. The van der Waals surface area contributed by atoms with Gasteiger partial charge in [-0.15, -0.1) is 0 Å². The summed E-state index contributed by atoms with van der Waals surface area (Å²) in [5.41, 5.74) is 0.862. The van der Waals surface area contributed by atoms with E-state index in [9.17, 15) is 9.59 Å². The Bertz CT molecular complexity index is 448. The molecule has 6 heteroatoms. The number of rotatable bonds is 6. The maximum atomic E-state index is 11.3. The molecule has 0 atom stereocenters. The minimum absolute atomic E-state index is 0.0944. The molecule has 0 radical (unpaired) electrons. The van der Waals surface area contributed by atoms with Crippen LogP contribution >= 0.6 is 11.6 Å². The second-order valence-corrected chi connectivity index (χ2v) is 4.10. The number of carbonyl (C=O) groups excluding carboxylic acids is 1. The maximum Gasteiger partial charge on any atom is 0.305 e. The van der Waals surface area contributed by atoms with E-state index in [2.05, 4.69) is 5.32 Å². The van der Waals surface area contributed by atoms with Gasteiger partial charge in [0.25, 0.3) is 5.91 Å². The second kappa shape index (κ2) is 6.86. The molecule has 0 aromatic heterocycles. The van der Waals surface area contributed by atoms with E-state index >= 15 is 0 Å². The number of ether oxygens (including phenoxy) is 1. The van der Waals surface area contributed by atoms with Gasteiger partial charge in [-0.1, -0.05) is 11.6 Å². The lowest BCUT2D eigenvalue weighted by atomic mass is 10.2. The van der Waals surface area contributed by atoms with E-state index in [4.69, 9.17) is 21.4 Å². The highest BCUT2D eigenvalue weighted by molar-refractivity contribution is 6.31. The maximum absolute atomic E-state index is 11.3. The molecule has 0 saturated heterocycles. The van der Waals surface area contributed by atoms with Gasteiger partial charge in [0, 0.05) is 11.6 Å². The van der Waals surface area contributed by atoms with Crippen molar-refractivity contribution >= 4 is 23.5 Å². The smallest absolute Gasteiger partial charge is 0.305 e. The zero-order valence-corrected chi connectivity index (χ0v) is 10.7. The fourth-order valence-electron chi connectivity index (χ4n) is 1.22. The molecule has 0 bridgehead atoms. The number of nitrogens with one attached hydrogen (secondary N) is 1. The molecule has 1 amide bonds. The van der Waals surface area contributed by atoms with Crippen molar-refractivity contribution in [2.75, 3.05) is 13.2 Å². The molecule has 0 unspecified atom stereocenters. The highest BCUT2D eigenvalue weighted by atomic mass is 35.5. The first-order valence-corrected chi connectivity index (χ1v) is 5.74. The van der Waals surface area contributed by atoms with E-state index < -0.39 is 5.97 Å². The standard InChI is InChI=1S/C12H14ClNO4/c1-8-6-9(2-3-10(8)13)18-7-11(15)14-5-4-12(16)17/h2-3,6H,4-5,7H2,1H3,(H,14,15)(H,16,17). The van der Waals surface area contributed by atoms with Crippen LogP contribution in [0.15, 0.2) is 18.2 Å². The molecule has 0 aliphatic carbocycles. The predicted molar refractivity (Wildman–Crippen MR) is 66.9 cm³/mol. The van der Waals surface area contributed by atoms with Gasteiger partial charge >= 0.3 is 5.97 Å². The number of carbonyl (C=O) groups is 2. The quantitative estimate of drug-likeness (QED) is 0.824. The van der Waals surface area contributed by atoms with E-state index in [0.717, 1.165) is 5.56 Å². The number of halogens is 1. The van der Waals surface area contributed by atoms with Crippen LogP contribution in [0, 0.1) is 6.92 Å². The first-order chi connectivity index (χ1) is 8.49. The molecule has 2 N–H and O–H groups in total. The Labute approximate surface area is 110 Å². The van der Waals surface area contributed by atoms with Crippen LogP contribution in [0.1, 0.15) is 12.0 Å². The zero-order valence-electron chi connectivity index (χ0n) is 9.90. The minimum atomic E-state index is -0.954. The van der Waals surface area contributed by atoms with E-state index in [1.165, 1.54) is 0 Å². The van der Waals surface area contributed by atoms with Gasteiger partial charge in [0.2, 0.25) is 0 Å². The molecule has 0 fully saturated rings. The van der Waals surface area contributed by atoms with E-state index in [0.29, 0.717) is 10.8 Å². The van der Waals surface area contributed by atoms with E-state index in [1.54, 1.807) is 18.2 Å². The third kappa shape index (κ3) is 5.05. The van der Waals surface area contributed by atoms with Gasteiger partial charge in [0.15, 0.2) is 6.61 Å². The summed E-state index contributed by atoms with van der Waals surface area (Å²) in [4.78, 5) is 21.5. The average molecular weight is 272 g/mol. The van der Waals surface area contributed by atoms with Crippen molar-refractivity contribution in [2.45, 2.75) is 13.3 Å². The molecule has 0 aliphatic rings. The van der Waals surface area contributed by atoms with Gasteiger partial charge in [-0.25, -0.2) is 0 Å². The van der Waals surface area contributed by atoms with Crippen LogP contribution in [0.3, 0.4) is 0 Å². The van der Waals surface area contributed by atoms with Crippen LogP contribution in [0.2, 0.25) is 5.02 Å². The third-order valence-corrected chi connectivity index (χ3v) is 2.58. The molecule has 0 aliphatic heterocycles. The van der Waals surface area contributed by atoms with Crippen LogP contribution in [0.4, 0.5) is 0 Å². The van der Waals surface area contributed by atoms with Crippen LogP contribution in [-0.4, -0.2) is 30.1 Å². The second-order valence-electron chi connectivity index (χ2n) is 3.69. The molecule has 5 nitrogen and oxygen atoms in total. The van der Waals surface area contributed by atoms with E-state index in [-0.39, 0.29) is 25.5 Å². The summed E-state index contributed by atoms with van der Waals surface area (Å²) in [5.74, 6) is -0.765. The molecule has 1 aromatic rings. The monoisotopic (exact) mass is 271 g/mol. The van der Waals surface area contributed by atoms with Crippen LogP contribution < -0.4 is 10.1 Å². The highest BCUT2D eigenvalue weighted by Gasteiger charge is 2.04. The Balaban J connectivity index is 2.33. The molecule has 1 rings (SSSR count). The number of hydrogen-bond acceptors (Lipinski definition) is 3. The molecule has 98 valence electrons. The SMILES string of the molecule is Cc1cc(OCC(=O)NCCC(=O)O)ccc1Cl. The number of carboxylic acids is 1. The molecule has 18 heavy (non-hydrogen) atoms. The predicted octanol–water partition coefficient (Wildman–Crippen LogP) is 1.62. The summed E-state index contributed by atoms with van der Waals surface area (Å²) in [6.07, 6.45) is -0.105. The molecule has 0 spiro atoms. The average Bonchev–Trinajstić information content (AvgIpc) is 2.30. The van der Waals surface area contributed by atoms with Gasteiger partial charge in [-0.2, -0.15) is 0 Å². The van der Waals surface area contributed by atoms with Crippen molar-refractivity contribution in [3.05, 3.63) is 28.8 Å². The molecule has 1 aromatic carbocycles. The summed E-state index contributed by atoms with van der Waals surface area (Å²) in [7, 11) is 0. The normalized spacial score (nSPS) is 9.89. The lowest BCUT2D eigenvalue weighted by Gasteiger charge is -2.07. The summed E-state index contributed by atoms with van der Waals surface area (Å²) < 4.78 is 5.24. The largest absolute Gasteiger partial charge is 0.484 e. The van der Waals surface area contributed by atoms with E-state index in [1.807, 2.05) is 6.92 Å². The van der Waals surface area contributed by atoms with Crippen molar-refractivity contribution < 1.29 is 19.4 Å². The zero-order chi connectivity index (χ0) is 13.5. The lowest BCUT2D eigenvalue weighted by molar-refractivity contribution is -0.137. The third-order valence-electron chi connectivity index (χ3n) is 2.16. The van der Waals surface area contributed by atoms with Crippen molar-refractivity contribution in [2.24, 2.45) is 0 Å². The van der Waals surface area contributed by atoms with Crippen LogP contribution in [0.5, 0.6) is 5.75 Å². The van der Waals surface area contributed by atoms with Crippen LogP contribution in [-0.2, 0) is 9.59 Å². The highest BCUT2D eigenvalue weighted by Crippen LogP contribution is 2.20.